The van der Waals surface area contributed by atoms with Crippen LogP contribution in [0.15, 0.2) is 54.7 Å². The second-order valence-electron chi connectivity index (χ2n) is 5.31. The zero-order valence-corrected chi connectivity index (χ0v) is 11.8. The number of aliphatic carboxylic acids is 1. The molecular weight excluding hydrogens is 262 g/mol. The fraction of sp³-hybridized carbons (Fsp3) is 0.167. The van der Waals surface area contributed by atoms with Crippen molar-refractivity contribution < 1.29 is 9.90 Å². The maximum absolute atomic E-state index is 11.7. The fourth-order valence-electron chi connectivity index (χ4n) is 2.77. The summed E-state index contributed by atoms with van der Waals surface area (Å²) in [7, 11) is 0. The SMILES string of the molecule is Cc1ccccc1CC(C(=O)O)c1c[nH]c2ccccc12. The number of rotatable bonds is 4. The summed E-state index contributed by atoms with van der Waals surface area (Å²) in [6.07, 6.45) is 2.32. The number of hydrogen-bond donors (Lipinski definition) is 2. The summed E-state index contributed by atoms with van der Waals surface area (Å²) in [6.45, 7) is 2.02. The fourth-order valence-corrected chi connectivity index (χ4v) is 2.77. The van der Waals surface area contributed by atoms with E-state index in [0.717, 1.165) is 27.6 Å². The molecule has 3 nitrogen and oxygen atoms in total. The third kappa shape index (κ3) is 2.55. The number of aromatic nitrogens is 1. The molecule has 0 radical (unpaired) electrons. The first-order chi connectivity index (χ1) is 10.2. The normalized spacial score (nSPS) is 12.4. The topological polar surface area (TPSA) is 53.1 Å². The van der Waals surface area contributed by atoms with Crippen LogP contribution in [-0.4, -0.2) is 16.1 Å². The third-order valence-electron chi connectivity index (χ3n) is 3.98. The van der Waals surface area contributed by atoms with E-state index in [1.807, 2.05) is 61.7 Å². The molecule has 0 saturated carbocycles. The van der Waals surface area contributed by atoms with E-state index in [9.17, 15) is 9.90 Å². The molecule has 0 aliphatic rings. The van der Waals surface area contributed by atoms with E-state index in [1.165, 1.54) is 0 Å². The number of para-hydroxylation sites is 1. The van der Waals surface area contributed by atoms with Crippen molar-refractivity contribution in [1.29, 1.82) is 0 Å². The summed E-state index contributed by atoms with van der Waals surface area (Å²) >= 11 is 0. The zero-order chi connectivity index (χ0) is 14.8. The number of H-pyrrole nitrogens is 1. The van der Waals surface area contributed by atoms with Gasteiger partial charge in [0.1, 0.15) is 0 Å². The van der Waals surface area contributed by atoms with Gasteiger partial charge in [0.15, 0.2) is 0 Å². The van der Waals surface area contributed by atoms with Gasteiger partial charge in [-0.25, -0.2) is 0 Å². The van der Waals surface area contributed by atoms with Crippen LogP contribution in [0, 0.1) is 6.92 Å². The van der Waals surface area contributed by atoms with Gasteiger partial charge in [-0.05, 0) is 36.1 Å². The number of aryl methyl sites for hydroxylation is 1. The van der Waals surface area contributed by atoms with Crippen LogP contribution in [-0.2, 0) is 11.2 Å². The van der Waals surface area contributed by atoms with Gasteiger partial charge in [-0.3, -0.25) is 4.79 Å². The number of aromatic amines is 1. The number of benzene rings is 2. The minimum Gasteiger partial charge on any atom is -0.481 e. The van der Waals surface area contributed by atoms with Crippen LogP contribution >= 0.6 is 0 Å². The van der Waals surface area contributed by atoms with Crippen LogP contribution in [0.1, 0.15) is 22.6 Å². The van der Waals surface area contributed by atoms with Crippen molar-refractivity contribution in [2.45, 2.75) is 19.3 Å². The van der Waals surface area contributed by atoms with Crippen molar-refractivity contribution in [2.75, 3.05) is 0 Å². The molecular formula is C18H17NO2. The molecule has 1 atom stereocenters. The molecule has 1 heterocycles. The number of nitrogens with one attached hydrogen (secondary N) is 1. The Morgan fingerprint density at radius 3 is 2.62 bits per heavy atom. The molecule has 0 amide bonds. The molecule has 2 N–H and O–H groups in total. The molecule has 0 aliphatic carbocycles. The number of hydrogen-bond acceptors (Lipinski definition) is 1. The first-order valence-electron chi connectivity index (χ1n) is 7.00. The van der Waals surface area contributed by atoms with Crippen molar-refractivity contribution >= 4 is 16.9 Å². The number of carbonyl (C=O) groups is 1. The van der Waals surface area contributed by atoms with Gasteiger partial charge < -0.3 is 10.1 Å². The van der Waals surface area contributed by atoms with Crippen LogP contribution in [0.5, 0.6) is 0 Å². The molecule has 3 rings (SSSR count). The Kier molecular flexibility index (Phi) is 3.48. The predicted molar refractivity (Wildman–Crippen MR) is 83.6 cm³/mol. The maximum atomic E-state index is 11.7. The highest BCUT2D eigenvalue weighted by molar-refractivity contribution is 5.89. The second-order valence-corrected chi connectivity index (χ2v) is 5.31. The molecule has 106 valence electrons. The van der Waals surface area contributed by atoms with Crippen molar-refractivity contribution in [2.24, 2.45) is 0 Å². The van der Waals surface area contributed by atoms with Crippen LogP contribution in [0.3, 0.4) is 0 Å². The lowest BCUT2D eigenvalue weighted by atomic mass is 9.90. The average Bonchev–Trinajstić information content (AvgIpc) is 2.90. The van der Waals surface area contributed by atoms with Gasteiger partial charge in [0.2, 0.25) is 0 Å². The number of fused-ring (bicyclic) bond motifs is 1. The van der Waals surface area contributed by atoms with E-state index in [1.54, 1.807) is 0 Å². The van der Waals surface area contributed by atoms with E-state index in [2.05, 4.69) is 4.98 Å². The van der Waals surface area contributed by atoms with E-state index in [-0.39, 0.29) is 0 Å². The van der Waals surface area contributed by atoms with Gasteiger partial charge >= 0.3 is 5.97 Å². The highest BCUT2D eigenvalue weighted by Gasteiger charge is 2.23. The van der Waals surface area contributed by atoms with Crippen LogP contribution in [0.25, 0.3) is 10.9 Å². The third-order valence-corrected chi connectivity index (χ3v) is 3.98. The Bertz CT molecular complexity index is 789. The highest BCUT2D eigenvalue weighted by atomic mass is 16.4. The minimum atomic E-state index is -0.789. The molecule has 3 aromatic rings. The Morgan fingerprint density at radius 2 is 1.86 bits per heavy atom. The summed E-state index contributed by atoms with van der Waals surface area (Å²) in [6, 6.07) is 15.8. The molecule has 2 aromatic carbocycles. The second kappa shape index (κ2) is 5.44. The standard InChI is InChI=1S/C18H17NO2/c1-12-6-2-3-7-13(12)10-15(18(20)21)16-11-19-17-9-5-4-8-14(16)17/h2-9,11,15,19H,10H2,1H3,(H,20,21). The molecule has 0 fully saturated rings. The summed E-state index contributed by atoms with van der Waals surface area (Å²) < 4.78 is 0. The van der Waals surface area contributed by atoms with E-state index in [4.69, 9.17) is 0 Å². The Balaban J connectivity index is 2.03. The molecule has 0 spiro atoms. The molecule has 0 bridgehead atoms. The van der Waals surface area contributed by atoms with E-state index < -0.39 is 11.9 Å². The van der Waals surface area contributed by atoms with Gasteiger partial charge in [-0.1, -0.05) is 42.5 Å². The Morgan fingerprint density at radius 1 is 1.14 bits per heavy atom. The summed E-state index contributed by atoms with van der Waals surface area (Å²) in [5, 5.41) is 10.6. The van der Waals surface area contributed by atoms with Crippen LogP contribution in [0.4, 0.5) is 0 Å². The summed E-state index contributed by atoms with van der Waals surface area (Å²) in [5.41, 5.74) is 4.03. The molecule has 3 heteroatoms. The predicted octanol–water partition coefficient (Wildman–Crippen LogP) is 3.89. The Hall–Kier alpha value is -2.55. The molecule has 0 saturated heterocycles. The molecule has 1 aromatic heterocycles. The summed E-state index contributed by atoms with van der Waals surface area (Å²) in [4.78, 5) is 14.9. The van der Waals surface area contributed by atoms with Gasteiger partial charge in [-0.2, -0.15) is 0 Å². The van der Waals surface area contributed by atoms with Gasteiger partial charge in [0, 0.05) is 17.1 Å². The molecule has 21 heavy (non-hydrogen) atoms. The molecule has 1 unspecified atom stereocenters. The van der Waals surface area contributed by atoms with Gasteiger partial charge in [-0.15, -0.1) is 0 Å². The first kappa shape index (κ1) is 13.4. The zero-order valence-electron chi connectivity index (χ0n) is 11.8. The number of carboxylic acid groups (broad SMARTS) is 1. The van der Waals surface area contributed by atoms with Crippen molar-refractivity contribution in [3.05, 3.63) is 71.4 Å². The van der Waals surface area contributed by atoms with Crippen molar-refractivity contribution in [3.8, 4) is 0 Å². The van der Waals surface area contributed by atoms with Crippen molar-refractivity contribution in [1.82, 2.24) is 4.98 Å². The van der Waals surface area contributed by atoms with Crippen LogP contribution < -0.4 is 0 Å². The van der Waals surface area contributed by atoms with E-state index >= 15 is 0 Å². The molecule has 0 aliphatic heterocycles. The lowest BCUT2D eigenvalue weighted by Gasteiger charge is -2.13. The smallest absolute Gasteiger partial charge is 0.311 e. The quantitative estimate of drug-likeness (QED) is 0.761. The van der Waals surface area contributed by atoms with Crippen LogP contribution in [0.2, 0.25) is 0 Å². The highest BCUT2D eigenvalue weighted by Crippen LogP contribution is 2.29. The largest absolute Gasteiger partial charge is 0.481 e. The average molecular weight is 279 g/mol. The number of carboxylic acids is 1. The summed E-state index contributed by atoms with van der Waals surface area (Å²) in [5.74, 6) is -1.33. The minimum absolute atomic E-state index is 0.504. The first-order valence-corrected chi connectivity index (χ1v) is 7.00. The van der Waals surface area contributed by atoms with Gasteiger partial charge in [0.25, 0.3) is 0 Å². The van der Waals surface area contributed by atoms with Gasteiger partial charge in [0.05, 0.1) is 5.92 Å². The lowest BCUT2D eigenvalue weighted by Crippen LogP contribution is -2.14. The maximum Gasteiger partial charge on any atom is 0.311 e. The Labute approximate surface area is 123 Å². The van der Waals surface area contributed by atoms with E-state index in [0.29, 0.717) is 6.42 Å². The van der Waals surface area contributed by atoms with Crippen molar-refractivity contribution in [3.63, 3.8) is 0 Å². The monoisotopic (exact) mass is 279 g/mol. The lowest BCUT2D eigenvalue weighted by molar-refractivity contribution is -0.138.